The number of fused-ring (bicyclic) bond motifs is 1. The van der Waals surface area contributed by atoms with Crippen LogP contribution in [0.15, 0.2) is 24.4 Å². The molecule has 0 radical (unpaired) electrons. The van der Waals surface area contributed by atoms with E-state index in [1.165, 1.54) is 12.8 Å². The van der Waals surface area contributed by atoms with Gasteiger partial charge in [-0.2, -0.15) is 4.98 Å². The zero-order chi connectivity index (χ0) is 28.4. The van der Waals surface area contributed by atoms with Crippen LogP contribution in [0.4, 0.5) is 23.1 Å². The number of hydrogen-bond donors (Lipinski definition) is 2. The van der Waals surface area contributed by atoms with Crippen molar-refractivity contribution in [2.24, 2.45) is 5.41 Å². The first kappa shape index (κ1) is 28.1. The van der Waals surface area contributed by atoms with E-state index in [4.69, 9.17) is 9.72 Å². The molecule has 2 aliphatic heterocycles. The highest BCUT2D eigenvalue weighted by molar-refractivity contribution is 6.01. The third kappa shape index (κ3) is 5.59. The number of likely N-dealkylation sites (tertiary alicyclic amines) is 1. The van der Waals surface area contributed by atoms with E-state index in [0.29, 0.717) is 35.5 Å². The number of amides is 2. The maximum Gasteiger partial charge on any atom is 0.251 e. The molecular weight excluding hydrogens is 506 g/mol. The van der Waals surface area contributed by atoms with Gasteiger partial charge in [0.05, 0.1) is 24.4 Å². The predicted molar refractivity (Wildman–Crippen MR) is 158 cm³/mol. The smallest absolute Gasteiger partial charge is 0.251 e. The highest BCUT2D eigenvalue weighted by Crippen LogP contribution is 2.42. The molecule has 2 fully saturated rings. The lowest BCUT2D eigenvalue weighted by Crippen LogP contribution is -2.46. The fourth-order valence-corrected chi connectivity index (χ4v) is 6.17. The Labute approximate surface area is 237 Å². The number of methoxy groups -OCH3 is 1. The van der Waals surface area contributed by atoms with Gasteiger partial charge < -0.3 is 30.1 Å². The van der Waals surface area contributed by atoms with E-state index < -0.39 is 5.41 Å². The van der Waals surface area contributed by atoms with Crippen LogP contribution in [0.2, 0.25) is 0 Å². The topological polar surface area (TPSA) is 103 Å². The summed E-state index contributed by atoms with van der Waals surface area (Å²) in [6, 6.07) is 5.91. The number of piperidine rings is 1. The molecule has 10 nitrogen and oxygen atoms in total. The van der Waals surface area contributed by atoms with Crippen molar-refractivity contribution in [3.8, 4) is 5.75 Å². The number of carbonyl (C=O) groups excluding carboxylic acids is 2. The zero-order valence-electron chi connectivity index (χ0n) is 24.5. The van der Waals surface area contributed by atoms with Gasteiger partial charge >= 0.3 is 0 Å². The molecule has 2 aromatic rings. The van der Waals surface area contributed by atoms with Gasteiger partial charge in [-0.1, -0.05) is 19.8 Å². The molecule has 1 atom stereocenters. The molecule has 10 heteroatoms. The maximum atomic E-state index is 13.5. The van der Waals surface area contributed by atoms with Crippen LogP contribution in [0.1, 0.15) is 69.2 Å². The van der Waals surface area contributed by atoms with E-state index in [1.54, 1.807) is 30.3 Å². The first-order valence-corrected chi connectivity index (χ1v) is 14.6. The van der Waals surface area contributed by atoms with Crippen molar-refractivity contribution >= 4 is 35.0 Å². The highest BCUT2D eigenvalue weighted by Gasteiger charge is 2.43. The predicted octanol–water partition coefficient (Wildman–Crippen LogP) is 4.19. The van der Waals surface area contributed by atoms with Gasteiger partial charge in [0.15, 0.2) is 5.82 Å². The van der Waals surface area contributed by atoms with Gasteiger partial charge in [-0.15, -0.1) is 0 Å². The van der Waals surface area contributed by atoms with Gasteiger partial charge in [0.1, 0.15) is 11.4 Å². The second kappa shape index (κ2) is 11.6. The fourth-order valence-electron chi connectivity index (χ4n) is 6.17. The van der Waals surface area contributed by atoms with Gasteiger partial charge in [0.2, 0.25) is 11.9 Å². The molecule has 216 valence electrons. The number of nitrogens with zero attached hydrogens (tertiary/aromatic N) is 5. The summed E-state index contributed by atoms with van der Waals surface area (Å²) >= 11 is 0. The third-order valence-corrected chi connectivity index (χ3v) is 9.03. The van der Waals surface area contributed by atoms with E-state index in [-0.39, 0.29) is 17.9 Å². The van der Waals surface area contributed by atoms with Crippen LogP contribution < -0.4 is 25.2 Å². The molecule has 2 N–H and O–H groups in total. The summed E-state index contributed by atoms with van der Waals surface area (Å²) in [7, 11) is 5.52. The van der Waals surface area contributed by atoms with Crippen LogP contribution in [0.3, 0.4) is 0 Å². The van der Waals surface area contributed by atoms with Crippen molar-refractivity contribution in [1.29, 1.82) is 0 Å². The summed E-state index contributed by atoms with van der Waals surface area (Å²) in [4.78, 5) is 42.3. The van der Waals surface area contributed by atoms with Crippen molar-refractivity contribution in [1.82, 2.24) is 20.2 Å². The Balaban J connectivity index is 1.40. The summed E-state index contributed by atoms with van der Waals surface area (Å²) in [5, 5.41) is 6.47. The summed E-state index contributed by atoms with van der Waals surface area (Å²) in [6.07, 6.45) is 8.96. The van der Waals surface area contributed by atoms with Gasteiger partial charge in [-0.25, -0.2) is 4.98 Å². The number of anilines is 4. The monoisotopic (exact) mass is 549 g/mol. The van der Waals surface area contributed by atoms with Crippen molar-refractivity contribution in [3.05, 3.63) is 30.0 Å². The number of nitrogens with one attached hydrogen (secondary N) is 2. The second-order valence-electron chi connectivity index (χ2n) is 11.8. The van der Waals surface area contributed by atoms with Crippen molar-refractivity contribution in [2.45, 2.75) is 70.9 Å². The Morgan fingerprint density at radius 2 is 1.88 bits per heavy atom. The van der Waals surface area contributed by atoms with Crippen LogP contribution >= 0.6 is 0 Å². The number of ether oxygens (including phenoxy) is 1. The molecule has 1 saturated carbocycles. The molecule has 2 amide bonds. The summed E-state index contributed by atoms with van der Waals surface area (Å²) < 4.78 is 5.65. The quantitative estimate of drug-likeness (QED) is 0.530. The van der Waals surface area contributed by atoms with Crippen LogP contribution in [-0.4, -0.2) is 79.6 Å². The average Bonchev–Trinajstić information content (AvgIpc) is 3.49. The van der Waals surface area contributed by atoms with Crippen LogP contribution in [0, 0.1) is 5.41 Å². The molecule has 1 aliphatic carbocycles. The SMILES string of the molecule is CC[C@]1(C)CN(C2CCCC2)c2nc(Nc3ccc(C(=O)NC4CCN(C)CC4)cc3OC)ncc2N(C)C1=O. The summed E-state index contributed by atoms with van der Waals surface area (Å²) in [5.41, 5.74) is 1.45. The highest BCUT2D eigenvalue weighted by atomic mass is 16.5. The van der Waals surface area contributed by atoms with E-state index in [2.05, 4.69) is 46.3 Å². The van der Waals surface area contributed by atoms with Gasteiger partial charge in [0, 0.05) is 31.2 Å². The molecule has 1 saturated heterocycles. The minimum absolute atomic E-state index is 0.0943. The van der Waals surface area contributed by atoms with Crippen LogP contribution in [-0.2, 0) is 4.79 Å². The van der Waals surface area contributed by atoms with E-state index in [1.807, 2.05) is 13.1 Å². The molecule has 1 aromatic carbocycles. The Bertz CT molecular complexity index is 1240. The fraction of sp³-hybridized carbons (Fsp3) is 0.600. The Kier molecular flexibility index (Phi) is 8.16. The molecule has 0 spiro atoms. The Morgan fingerprint density at radius 1 is 1.15 bits per heavy atom. The molecule has 40 heavy (non-hydrogen) atoms. The summed E-state index contributed by atoms with van der Waals surface area (Å²) in [5.74, 6) is 1.74. The van der Waals surface area contributed by atoms with E-state index in [0.717, 1.165) is 56.7 Å². The van der Waals surface area contributed by atoms with Crippen molar-refractivity contribution in [2.75, 3.05) is 56.0 Å². The van der Waals surface area contributed by atoms with Crippen LogP contribution in [0.5, 0.6) is 5.75 Å². The van der Waals surface area contributed by atoms with E-state index in [9.17, 15) is 9.59 Å². The first-order chi connectivity index (χ1) is 19.2. The normalized spacial score (nSPS) is 22.7. The number of carbonyl (C=O) groups is 2. The maximum absolute atomic E-state index is 13.5. The second-order valence-corrected chi connectivity index (χ2v) is 11.8. The van der Waals surface area contributed by atoms with Crippen molar-refractivity contribution in [3.63, 3.8) is 0 Å². The van der Waals surface area contributed by atoms with Gasteiger partial charge in [0.25, 0.3) is 5.91 Å². The summed E-state index contributed by atoms with van der Waals surface area (Å²) in [6.45, 7) is 6.74. The van der Waals surface area contributed by atoms with Gasteiger partial charge in [-0.3, -0.25) is 9.59 Å². The largest absolute Gasteiger partial charge is 0.495 e. The molecule has 5 rings (SSSR count). The molecule has 3 aliphatic rings. The third-order valence-electron chi connectivity index (χ3n) is 9.03. The number of hydrogen-bond acceptors (Lipinski definition) is 8. The van der Waals surface area contributed by atoms with Crippen molar-refractivity contribution < 1.29 is 14.3 Å². The molecular formula is C30H43N7O3. The molecule has 3 heterocycles. The van der Waals surface area contributed by atoms with Crippen LogP contribution in [0.25, 0.3) is 0 Å². The average molecular weight is 550 g/mol. The zero-order valence-corrected chi connectivity index (χ0v) is 24.5. The first-order valence-electron chi connectivity index (χ1n) is 14.6. The standard InChI is InChI=1S/C30H43N7O3/c1-6-30(2)19-37(22-9-7-8-10-22)26-24(36(4)28(30)39)18-31-29(34-26)33-23-12-11-20(17-25(23)40-5)27(38)32-21-13-15-35(3)16-14-21/h11-12,17-18,21-22H,6-10,13-16,19H2,1-5H3,(H,32,38)(H,31,33,34)/t30-/m1/s1. The molecule has 0 bridgehead atoms. The molecule has 1 aromatic heterocycles. The van der Waals surface area contributed by atoms with E-state index >= 15 is 0 Å². The lowest BCUT2D eigenvalue weighted by molar-refractivity contribution is -0.126. The number of rotatable bonds is 7. The Morgan fingerprint density at radius 3 is 2.55 bits per heavy atom. The number of aromatic nitrogens is 2. The lowest BCUT2D eigenvalue weighted by atomic mass is 9.85. The van der Waals surface area contributed by atoms with Gasteiger partial charge in [-0.05, 0) is 77.4 Å². The lowest BCUT2D eigenvalue weighted by Gasteiger charge is -2.35. The minimum Gasteiger partial charge on any atom is -0.495 e. The minimum atomic E-state index is -0.501. The molecule has 0 unspecified atom stereocenters. The Hall–Kier alpha value is -3.40. The number of benzene rings is 1.